The normalized spacial score (nSPS) is 10.7. The van der Waals surface area contributed by atoms with Crippen LogP contribution in [0.4, 0.5) is 5.82 Å². The Bertz CT molecular complexity index is 1000. The largest absolute Gasteiger partial charge is 0.383 e. The molecule has 1 N–H and O–H groups in total. The molecule has 6 nitrogen and oxygen atoms in total. The van der Waals surface area contributed by atoms with Gasteiger partial charge in [-0.3, -0.25) is 4.79 Å². The van der Waals surface area contributed by atoms with Crippen LogP contribution >= 0.6 is 23.4 Å². The molecule has 31 heavy (non-hydrogen) atoms. The third-order valence-electron chi connectivity index (χ3n) is 4.46. The molecule has 0 aliphatic carbocycles. The van der Waals surface area contributed by atoms with Crippen molar-refractivity contribution in [1.82, 2.24) is 15.3 Å². The third-order valence-corrected chi connectivity index (χ3v) is 5.58. The Morgan fingerprint density at radius 3 is 2.65 bits per heavy atom. The number of nitrogens with one attached hydrogen (secondary N) is 1. The Hall–Kier alpha value is -2.61. The molecule has 0 saturated carbocycles. The van der Waals surface area contributed by atoms with Crippen LogP contribution in [-0.2, 0) is 17.0 Å². The number of rotatable bonds is 10. The monoisotopic (exact) mass is 456 g/mol. The molecule has 0 atom stereocenters. The van der Waals surface area contributed by atoms with Crippen LogP contribution in [0.5, 0.6) is 0 Å². The van der Waals surface area contributed by atoms with E-state index in [1.807, 2.05) is 48.3 Å². The van der Waals surface area contributed by atoms with Gasteiger partial charge in [-0.1, -0.05) is 65.8 Å². The average Bonchev–Trinajstić information content (AvgIpc) is 2.78. The van der Waals surface area contributed by atoms with Crippen molar-refractivity contribution >= 4 is 35.1 Å². The molecule has 0 aliphatic rings. The minimum absolute atomic E-state index is 0.118. The first-order valence-electron chi connectivity index (χ1n) is 9.83. The van der Waals surface area contributed by atoms with Gasteiger partial charge >= 0.3 is 0 Å². The molecule has 0 radical (unpaired) electrons. The van der Waals surface area contributed by atoms with Crippen molar-refractivity contribution < 1.29 is 9.53 Å². The van der Waals surface area contributed by atoms with Gasteiger partial charge in [0, 0.05) is 44.6 Å². The molecule has 0 fully saturated rings. The maximum atomic E-state index is 12.2. The predicted molar refractivity (Wildman–Crippen MR) is 126 cm³/mol. The number of anilines is 1. The summed E-state index contributed by atoms with van der Waals surface area (Å²) in [6.07, 6.45) is 0. The van der Waals surface area contributed by atoms with Gasteiger partial charge in [0.05, 0.1) is 6.61 Å². The van der Waals surface area contributed by atoms with Gasteiger partial charge in [0.15, 0.2) is 5.16 Å². The topological polar surface area (TPSA) is 67.3 Å². The van der Waals surface area contributed by atoms with Crippen LogP contribution in [0.3, 0.4) is 0 Å². The highest BCUT2D eigenvalue weighted by atomic mass is 35.5. The van der Waals surface area contributed by atoms with Gasteiger partial charge in [-0.05, 0) is 23.3 Å². The molecule has 2 aromatic carbocycles. The molecule has 0 bridgehead atoms. The zero-order valence-electron chi connectivity index (χ0n) is 17.5. The zero-order chi connectivity index (χ0) is 22.1. The molecular formula is C23H25ClN4O2S. The lowest BCUT2D eigenvalue weighted by Gasteiger charge is -2.19. The number of hydrogen-bond acceptors (Lipinski definition) is 6. The van der Waals surface area contributed by atoms with Gasteiger partial charge in [0.25, 0.3) is 5.91 Å². The number of aromatic nitrogens is 2. The molecule has 1 aromatic heterocycles. The number of halogens is 1. The Kier molecular flexibility index (Phi) is 8.70. The summed E-state index contributed by atoms with van der Waals surface area (Å²) in [6.45, 7) is 1.68. The van der Waals surface area contributed by atoms with E-state index >= 15 is 0 Å². The SMILES string of the molecule is COCCNC(=O)c1cccc(CSc2nc(Cl)cc(N(C)Cc3ccccc3)n2)c1. The molecule has 3 aromatic rings. The van der Waals surface area contributed by atoms with Crippen molar-refractivity contribution in [1.29, 1.82) is 0 Å². The summed E-state index contributed by atoms with van der Waals surface area (Å²) >= 11 is 7.73. The van der Waals surface area contributed by atoms with Gasteiger partial charge in [-0.2, -0.15) is 0 Å². The highest BCUT2D eigenvalue weighted by Gasteiger charge is 2.10. The van der Waals surface area contributed by atoms with E-state index in [1.54, 1.807) is 19.2 Å². The molecule has 1 heterocycles. The van der Waals surface area contributed by atoms with Crippen molar-refractivity contribution in [3.8, 4) is 0 Å². The quantitative estimate of drug-likeness (QED) is 0.210. The first-order chi connectivity index (χ1) is 15.0. The van der Waals surface area contributed by atoms with Gasteiger partial charge in [-0.15, -0.1) is 0 Å². The maximum absolute atomic E-state index is 12.2. The van der Waals surface area contributed by atoms with Gasteiger partial charge in [0.2, 0.25) is 0 Å². The average molecular weight is 457 g/mol. The summed E-state index contributed by atoms with van der Waals surface area (Å²) in [7, 11) is 3.58. The first-order valence-corrected chi connectivity index (χ1v) is 11.2. The summed E-state index contributed by atoms with van der Waals surface area (Å²) in [6, 6.07) is 19.5. The second-order valence-electron chi connectivity index (χ2n) is 6.91. The minimum Gasteiger partial charge on any atom is -0.383 e. The first kappa shape index (κ1) is 23.1. The number of amides is 1. The number of ether oxygens (including phenoxy) is 1. The summed E-state index contributed by atoms with van der Waals surface area (Å²) in [5, 5.41) is 3.83. The predicted octanol–water partition coefficient (Wildman–Crippen LogP) is 4.43. The standard InChI is InChI=1S/C23H25ClN4O2S/c1-28(15-17-7-4-3-5-8-17)21-14-20(24)26-23(27-21)31-16-18-9-6-10-19(13-18)22(29)25-11-12-30-2/h3-10,13-14H,11-12,15-16H2,1-2H3,(H,25,29). The number of carbonyl (C=O) groups excluding carboxylic acids is 1. The fraction of sp³-hybridized carbons (Fsp3) is 0.261. The van der Waals surface area contributed by atoms with Gasteiger partial charge < -0.3 is 15.0 Å². The summed E-state index contributed by atoms with van der Waals surface area (Å²) < 4.78 is 4.96. The van der Waals surface area contributed by atoms with Crippen LogP contribution in [0.1, 0.15) is 21.5 Å². The second-order valence-corrected chi connectivity index (χ2v) is 8.24. The molecule has 162 valence electrons. The van der Waals surface area contributed by atoms with Crippen LogP contribution in [0, 0.1) is 0 Å². The van der Waals surface area contributed by atoms with Crippen molar-refractivity contribution in [3.05, 3.63) is 82.5 Å². The Morgan fingerprint density at radius 2 is 1.87 bits per heavy atom. The van der Waals surface area contributed by atoms with E-state index in [0.717, 1.165) is 17.9 Å². The lowest BCUT2D eigenvalue weighted by Crippen LogP contribution is -2.26. The third kappa shape index (κ3) is 7.24. The zero-order valence-corrected chi connectivity index (χ0v) is 19.1. The highest BCUT2D eigenvalue weighted by Crippen LogP contribution is 2.25. The molecule has 1 amide bonds. The van der Waals surface area contributed by atoms with E-state index in [9.17, 15) is 4.79 Å². The Balaban J connectivity index is 1.64. The smallest absolute Gasteiger partial charge is 0.251 e. The number of nitrogens with zero attached hydrogens (tertiary/aromatic N) is 3. The molecule has 0 unspecified atom stereocenters. The van der Waals surface area contributed by atoms with E-state index in [0.29, 0.717) is 34.8 Å². The summed E-state index contributed by atoms with van der Waals surface area (Å²) in [5.74, 6) is 1.27. The second kappa shape index (κ2) is 11.7. The van der Waals surface area contributed by atoms with E-state index in [2.05, 4.69) is 27.4 Å². The minimum atomic E-state index is -0.118. The van der Waals surface area contributed by atoms with Crippen molar-refractivity contribution in [2.75, 3.05) is 32.2 Å². The number of thioether (sulfide) groups is 1. The summed E-state index contributed by atoms with van der Waals surface area (Å²) in [5.41, 5.74) is 2.81. The molecule has 8 heteroatoms. The highest BCUT2D eigenvalue weighted by molar-refractivity contribution is 7.98. The number of hydrogen-bond donors (Lipinski definition) is 1. The molecule has 0 aliphatic heterocycles. The maximum Gasteiger partial charge on any atom is 0.251 e. The molecule has 0 saturated heterocycles. The van der Waals surface area contributed by atoms with E-state index < -0.39 is 0 Å². The lowest BCUT2D eigenvalue weighted by atomic mass is 10.1. The Labute approximate surface area is 192 Å². The van der Waals surface area contributed by atoms with Gasteiger partial charge in [-0.25, -0.2) is 9.97 Å². The molecular weight excluding hydrogens is 432 g/mol. The van der Waals surface area contributed by atoms with E-state index in [-0.39, 0.29) is 5.91 Å². The number of benzene rings is 2. The van der Waals surface area contributed by atoms with Crippen LogP contribution in [-0.4, -0.2) is 43.2 Å². The fourth-order valence-electron chi connectivity index (χ4n) is 2.90. The van der Waals surface area contributed by atoms with Crippen molar-refractivity contribution in [2.45, 2.75) is 17.5 Å². The fourth-order valence-corrected chi connectivity index (χ4v) is 3.93. The molecule has 0 spiro atoms. The lowest BCUT2D eigenvalue weighted by molar-refractivity contribution is 0.0937. The van der Waals surface area contributed by atoms with Crippen LogP contribution in [0.15, 0.2) is 65.8 Å². The van der Waals surface area contributed by atoms with Crippen LogP contribution in [0.2, 0.25) is 5.15 Å². The summed E-state index contributed by atoms with van der Waals surface area (Å²) in [4.78, 5) is 23.3. The van der Waals surface area contributed by atoms with Crippen LogP contribution in [0.25, 0.3) is 0 Å². The van der Waals surface area contributed by atoms with E-state index in [1.165, 1.54) is 17.3 Å². The van der Waals surface area contributed by atoms with E-state index in [4.69, 9.17) is 16.3 Å². The molecule has 3 rings (SSSR count). The van der Waals surface area contributed by atoms with Crippen molar-refractivity contribution in [3.63, 3.8) is 0 Å². The van der Waals surface area contributed by atoms with Crippen molar-refractivity contribution in [2.24, 2.45) is 0 Å². The van der Waals surface area contributed by atoms with Crippen LogP contribution < -0.4 is 10.2 Å². The number of carbonyl (C=O) groups is 1. The van der Waals surface area contributed by atoms with Gasteiger partial charge in [0.1, 0.15) is 11.0 Å². The number of methoxy groups -OCH3 is 1. The Morgan fingerprint density at radius 1 is 1.10 bits per heavy atom.